The monoisotopic (exact) mass is 193 g/mol. The SMILES string of the molecule is C#CC(C)C(CC=C)CN(CC)CC. The molecule has 0 saturated carbocycles. The smallest absolute Gasteiger partial charge is 0.0215 e. The summed E-state index contributed by atoms with van der Waals surface area (Å²) in [5, 5.41) is 0. The highest BCUT2D eigenvalue weighted by Gasteiger charge is 2.16. The van der Waals surface area contributed by atoms with Gasteiger partial charge in [0.2, 0.25) is 0 Å². The van der Waals surface area contributed by atoms with Crippen LogP contribution in [0.4, 0.5) is 0 Å². The van der Waals surface area contributed by atoms with Crippen molar-refractivity contribution in [3.63, 3.8) is 0 Å². The van der Waals surface area contributed by atoms with Crippen LogP contribution in [0.3, 0.4) is 0 Å². The van der Waals surface area contributed by atoms with Crippen molar-refractivity contribution in [1.82, 2.24) is 4.90 Å². The van der Waals surface area contributed by atoms with Crippen molar-refractivity contribution in [2.75, 3.05) is 19.6 Å². The molecule has 1 heteroatoms. The summed E-state index contributed by atoms with van der Waals surface area (Å²) in [7, 11) is 0. The summed E-state index contributed by atoms with van der Waals surface area (Å²) >= 11 is 0. The van der Waals surface area contributed by atoms with Crippen LogP contribution in [0.5, 0.6) is 0 Å². The molecule has 0 radical (unpaired) electrons. The Bertz CT molecular complexity index is 186. The third-order valence-corrected chi connectivity index (χ3v) is 2.83. The van der Waals surface area contributed by atoms with E-state index in [4.69, 9.17) is 6.42 Å². The number of hydrogen-bond donors (Lipinski definition) is 0. The molecule has 0 fully saturated rings. The van der Waals surface area contributed by atoms with E-state index >= 15 is 0 Å². The molecule has 0 aromatic rings. The summed E-state index contributed by atoms with van der Waals surface area (Å²) in [6.07, 6.45) is 8.45. The van der Waals surface area contributed by atoms with Gasteiger partial charge in [-0.25, -0.2) is 0 Å². The molecule has 2 atom stereocenters. The highest BCUT2D eigenvalue weighted by Crippen LogP contribution is 2.17. The van der Waals surface area contributed by atoms with E-state index in [-0.39, 0.29) is 0 Å². The van der Waals surface area contributed by atoms with Gasteiger partial charge in [-0.1, -0.05) is 26.8 Å². The van der Waals surface area contributed by atoms with Crippen LogP contribution in [0.2, 0.25) is 0 Å². The van der Waals surface area contributed by atoms with E-state index in [1.165, 1.54) is 0 Å². The molecule has 0 heterocycles. The summed E-state index contributed by atoms with van der Waals surface area (Å²) in [5.74, 6) is 3.72. The van der Waals surface area contributed by atoms with E-state index < -0.39 is 0 Å². The zero-order valence-corrected chi connectivity index (χ0v) is 9.79. The maximum Gasteiger partial charge on any atom is 0.0215 e. The predicted molar refractivity (Wildman–Crippen MR) is 64.1 cm³/mol. The summed E-state index contributed by atoms with van der Waals surface area (Å²) in [5.41, 5.74) is 0. The Morgan fingerprint density at radius 1 is 1.43 bits per heavy atom. The van der Waals surface area contributed by atoms with Crippen molar-refractivity contribution >= 4 is 0 Å². The van der Waals surface area contributed by atoms with Crippen LogP contribution in [0.25, 0.3) is 0 Å². The van der Waals surface area contributed by atoms with E-state index in [9.17, 15) is 0 Å². The summed E-state index contributed by atoms with van der Waals surface area (Å²) in [6.45, 7) is 13.6. The number of nitrogens with zero attached hydrogens (tertiary/aromatic N) is 1. The fourth-order valence-electron chi connectivity index (χ4n) is 1.60. The lowest BCUT2D eigenvalue weighted by Gasteiger charge is -2.26. The number of rotatable bonds is 7. The van der Waals surface area contributed by atoms with Crippen LogP contribution in [-0.2, 0) is 0 Å². The van der Waals surface area contributed by atoms with Crippen molar-refractivity contribution in [1.29, 1.82) is 0 Å². The minimum Gasteiger partial charge on any atom is -0.304 e. The van der Waals surface area contributed by atoms with Crippen molar-refractivity contribution in [2.24, 2.45) is 11.8 Å². The predicted octanol–water partition coefficient (Wildman–Crippen LogP) is 2.79. The van der Waals surface area contributed by atoms with Crippen LogP contribution < -0.4 is 0 Å². The Morgan fingerprint density at radius 3 is 2.36 bits per heavy atom. The average molecular weight is 193 g/mol. The third kappa shape index (κ3) is 4.48. The van der Waals surface area contributed by atoms with E-state index in [0.29, 0.717) is 11.8 Å². The Labute approximate surface area is 89.2 Å². The standard InChI is InChI=1S/C13H23N/c1-6-10-13(12(5)7-2)11-14(8-3)9-4/h2,6,12-13H,1,8-11H2,3-5H3. The van der Waals surface area contributed by atoms with E-state index in [1.807, 2.05) is 6.08 Å². The highest BCUT2D eigenvalue weighted by atomic mass is 15.1. The van der Waals surface area contributed by atoms with E-state index in [2.05, 4.69) is 38.2 Å². The van der Waals surface area contributed by atoms with Crippen LogP contribution in [0.1, 0.15) is 27.2 Å². The minimum atomic E-state index is 0.341. The number of allylic oxidation sites excluding steroid dienone is 1. The molecule has 0 aliphatic carbocycles. The van der Waals surface area contributed by atoms with Crippen molar-refractivity contribution < 1.29 is 0 Å². The molecular weight excluding hydrogens is 170 g/mol. The van der Waals surface area contributed by atoms with Crippen molar-refractivity contribution in [2.45, 2.75) is 27.2 Å². The number of hydrogen-bond acceptors (Lipinski definition) is 1. The topological polar surface area (TPSA) is 3.24 Å². The number of terminal acetylenes is 1. The van der Waals surface area contributed by atoms with Crippen LogP contribution in [-0.4, -0.2) is 24.5 Å². The second-order valence-corrected chi connectivity index (χ2v) is 3.73. The molecule has 0 aromatic heterocycles. The van der Waals surface area contributed by atoms with Gasteiger partial charge < -0.3 is 4.90 Å². The second-order valence-electron chi connectivity index (χ2n) is 3.73. The zero-order valence-electron chi connectivity index (χ0n) is 9.79. The third-order valence-electron chi connectivity index (χ3n) is 2.83. The molecule has 2 unspecified atom stereocenters. The molecule has 14 heavy (non-hydrogen) atoms. The van der Waals surface area contributed by atoms with Crippen LogP contribution in [0, 0.1) is 24.2 Å². The highest BCUT2D eigenvalue weighted by molar-refractivity contribution is 4.96. The lowest BCUT2D eigenvalue weighted by atomic mass is 9.91. The first-order valence-corrected chi connectivity index (χ1v) is 5.48. The molecule has 0 aromatic carbocycles. The molecule has 0 aliphatic rings. The van der Waals surface area contributed by atoms with Gasteiger partial charge in [0.1, 0.15) is 0 Å². The Balaban J connectivity index is 4.21. The first-order valence-electron chi connectivity index (χ1n) is 5.48. The first-order chi connectivity index (χ1) is 6.69. The molecule has 0 spiro atoms. The fraction of sp³-hybridized carbons (Fsp3) is 0.692. The molecule has 0 amide bonds. The second kappa shape index (κ2) is 7.64. The van der Waals surface area contributed by atoms with Gasteiger partial charge in [-0.15, -0.1) is 18.9 Å². The van der Waals surface area contributed by atoms with Crippen LogP contribution >= 0.6 is 0 Å². The van der Waals surface area contributed by atoms with Gasteiger partial charge in [0, 0.05) is 12.5 Å². The van der Waals surface area contributed by atoms with Gasteiger partial charge in [0.05, 0.1) is 0 Å². The largest absolute Gasteiger partial charge is 0.304 e. The van der Waals surface area contributed by atoms with E-state index in [0.717, 1.165) is 26.1 Å². The molecule has 0 bridgehead atoms. The van der Waals surface area contributed by atoms with Gasteiger partial charge in [-0.05, 0) is 25.4 Å². The Kier molecular flexibility index (Phi) is 7.24. The Morgan fingerprint density at radius 2 is 2.00 bits per heavy atom. The zero-order chi connectivity index (χ0) is 11.0. The maximum absolute atomic E-state index is 5.46. The van der Waals surface area contributed by atoms with Gasteiger partial charge in [-0.3, -0.25) is 0 Å². The maximum atomic E-state index is 5.46. The molecule has 0 rings (SSSR count). The lowest BCUT2D eigenvalue weighted by Crippen LogP contribution is -2.31. The first kappa shape index (κ1) is 13.3. The Hall–Kier alpha value is -0.740. The summed E-state index contributed by atoms with van der Waals surface area (Å²) in [4.78, 5) is 2.42. The lowest BCUT2D eigenvalue weighted by molar-refractivity contribution is 0.231. The van der Waals surface area contributed by atoms with Gasteiger partial charge in [-0.2, -0.15) is 0 Å². The quantitative estimate of drug-likeness (QED) is 0.444. The van der Waals surface area contributed by atoms with Crippen LogP contribution in [0.15, 0.2) is 12.7 Å². The normalized spacial score (nSPS) is 14.8. The van der Waals surface area contributed by atoms with Gasteiger partial charge in [0.25, 0.3) is 0 Å². The molecule has 1 nitrogen and oxygen atoms in total. The molecule has 0 N–H and O–H groups in total. The van der Waals surface area contributed by atoms with E-state index in [1.54, 1.807) is 0 Å². The average Bonchev–Trinajstić information content (AvgIpc) is 2.23. The fourth-order valence-corrected chi connectivity index (χ4v) is 1.60. The van der Waals surface area contributed by atoms with Crippen molar-refractivity contribution in [3.05, 3.63) is 12.7 Å². The molecule has 0 saturated heterocycles. The minimum absolute atomic E-state index is 0.341. The summed E-state index contributed by atoms with van der Waals surface area (Å²) < 4.78 is 0. The summed E-state index contributed by atoms with van der Waals surface area (Å²) in [6, 6.07) is 0. The molecule has 0 aliphatic heterocycles. The van der Waals surface area contributed by atoms with Gasteiger partial charge in [0.15, 0.2) is 0 Å². The van der Waals surface area contributed by atoms with Gasteiger partial charge >= 0.3 is 0 Å². The van der Waals surface area contributed by atoms with Crippen molar-refractivity contribution in [3.8, 4) is 12.3 Å². The molecular formula is C13H23N. The molecule has 80 valence electrons.